The molecule has 0 unspecified atom stereocenters. The first kappa shape index (κ1) is 28.1. The molecule has 0 radical (unpaired) electrons. The van der Waals surface area contributed by atoms with Crippen molar-refractivity contribution in [2.45, 2.75) is 59.5 Å². The summed E-state index contributed by atoms with van der Waals surface area (Å²) >= 11 is 0. The van der Waals surface area contributed by atoms with Crippen LogP contribution in [0.15, 0.2) is 48.5 Å². The summed E-state index contributed by atoms with van der Waals surface area (Å²) in [6, 6.07) is 11.4. The van der Waals surface area contributed by atoms with Gasteiger partial charge in [0.15, 0.2) is 0 Å². The average Bonchev–Trinajstić information content (AvgIpc) is 2.82. The number of methoxy groups -OCH3 is 1. The van der Waals surface area contributed by atoms with Gasteiger partial charge in [-0.3, -0.25) is 4.79 Å². The van der Waals surface area contributed by atoms with Gasteiger partial charge in [0.2, 0.25) is 0 Å². The fourth-order valence-corrected chi connectivity index (χ4v) is 4.56. The van der Waals surface area contributed by atoms with Crippen molar-refractivity contribution in [3.63, 3.8) is 0 Å². The van der Waals surface area contributed by atoms with Gasteiger partial charge in [0, 0.05) is 23.6 Å². The number of benzene rings is 3. The molecule has 198 valence electrons. The normalized spacial score (nSPS) is 11.4. The Bertz CT molecular complexity index is 1250. The molecule has 0 saturated heterocycles. The minimum atomic E-state index is -0.986. The van der Waals surface area contributed by atoms with Gasteiger partial charge < -0.3 is 14.6 Å². The highest BCUT2D eigenvalue weighted by Crippen LogP contribution is 2.37. The van der Waals surface area contributed by atoms with Crippen LogP contribution in [0.2, 0.25) is 0 Å². The van der Waals surface area contributed by atoms with Crippen LogP contribution in [0.1, 0.15) is 56.7 Å². The molecule has 3 aromatic carbocycles. The second kappa shape index (κ2) is 12.2. The Morgan fingerprint density at radius 3 is 2.35 bits per heavy atom. The van der Waals surface area contributed by atoms with E-state index in [2.05, 4.69) is 20.8 Å². The van der Waals surface area contributed by atoms with Crippen LogP contribution in [0.25, 0.3) is 11.1 Å². The van der Waals surface area contributed by atoms with Gasteiger partial charge in [-0.05, 0) is 83.8 Å². The van der Waals surface area contributed by atoms with E-state index in [0.29, 0.717) is 23.3 Å². The van der Waals surface area contributed by atoms with Crippen LogP contribution in [0, 0.1) is 22.9 Å². The maximum absolute atomic E-state index is 15.3. The summed E-state index contributed by atoms with van der Waals surface area (Å²) in [6.07, 6.45) is 2.49. The first-order chi connectivity index (χ1) is 17.5. The SMILES string of the molecule is CCCC(C)(C)Cc1cc(COc2cc(F)cc(CCC(=O)O)c2)c(F)cc1-c1cc(OC)ccc1F. The Kier molecular flexibility index (Phi) is 9.24. The zero-order chi connectivity index (χ0) is 27.2. The van der Waals surface area contributed by atoms with Gasteiger partial charge in [-0.1, -0.05) is 27.2 Å². The molecule has 0 aliphatic carbocycles. The third-order valence-corrected chi connectivity index (χ3v) is 6.28. The van der Waals surface area contributed by atoms with Crippen molar-refractivity contribution in [1.82, 2.24) is 0 Å². The number of halogens is 3. The van der Waals surface area contributed by atoms with Crippen LogP contribution in [0.5, 0.6) is 11.5 Å². The monoisotopic (exact) mass is 514 g/mol. The zero-order valence-corrected chi connectivity index (χ0v) is 21.7. The zero-order valence-electron chi connectivity index (χ0n) is 21.7. The molecule has 37 heavy (non-hydrogen) atoms. The highest BCUT2D eigenvalue weighted by atomic mass is 19.1. The molecule has 1 N–H and O–H groups in total. The number of hydrogen-bond acceptors (Lipinski definition) is 3. The molecule has 3 rings (SSSR count). The van der Waals surface area contributed by atoms with Gasteiger partial charge in [0.25, 0.3) is 0 Å². The van der Waals surface area contributed by atoms with Gasteiger partial charge >= 0.3 is 5.97 Å². The molecule has 0 aliphatic heterocycles. The largest absolute Gasteiger partial charge is 0.497 e. The van der Waals surface area contributed by atoms with Crippen molar-refractivity contribution in [2.24, 2.45) is 5.41 Å². The Labute approximate surface area is 216 Å². The average molecular weight is 515 g/mol. The fourth-order valence-electron chi connectivity index (χ4n) is 4.56. The van der Waals surface area contributed by atoms with E-state index in [9.17, 15) is 13.6 Å². The Morgan fingerprint density at radius 1 is 0.919 bits per heavy atom. The van der Waals surface area contributed by atoms with Crippen LogP contribution in [0.3, 0.4) is 0 Å². The number of aliphatic carboxylic acids is 1. The van der Waals surface area contributed by atoms with Crippen LogP contribution in [-0.4, -0.2) is 18.2 Å². The predicted octanol–water partition coefficient (Wildman–Crippen LogP) is 7.74. The fraction of sp³-hybridized carbons (Fsp3) is 0.367. The van der Waals surface area contributed by atoms with Crippen LogP contribution in [-0.2, 0) is 24.2 Å². The molecule has 3 aromatic rings. The van der Waals surface area contributed by atoms with Crippen LogP contribution < -0.4 is 9.47 Å². The third-order valence-electron chi connectivity index (χ3n) is 6.28. The van der Waals surface area contributed by atoms with Crippen molar-refractivity contribution >= 4 is 5.97 Å². The molecule has 0 atom stereocenters. The van der Waals surface area contributed by atoms with Crippen molar-refractivity contribution in [3.8, 4) is 22.6 Å². The summed E-state index contributed by atoms with van der Waals surface area (Å²) in [5.74, 6) is -1.96. The highest BCUT2D eigenvalue weighted by Gasteiger charge is 2.23. The van der Waals surface area contributed by atoms with E-state index in [4.69, 9.17) is 14.6 Å². The summed E-state index contributed by atoms with van der Waals surface area (Å²) in [6.45, 7) is 6.16. The maximum Gasteiger partial charge on any atom is 0.303 e. The Hall–Kier alpha value is -3.48. The molecule has 7 heteroatoms. The lowest BCUT2D eigenvalue weighted by molar-refractivity contribution is -0.136. The molecule has 0 heterocycles. The summed E-state index contributed by atoms with van der Waals surface area (Å²) in [5.41, 5.74) is 2.09. The lowest BCUT2D eigenvalue weighted by Crippen LogP contribution is -2.16. The topological polar surface area (TPSA) is 55.8 Å². The van der Waals surface area contributed by atoms with Crippen molar-refractivity contribution in [3.05, 3.63) is 82.7 Å². The number of carboxylic acids is 1. The van der Waals surface area contributed by atoms with Gasteiger partial charge in [0.1, 0.15) is 35.6 Å². The Morgan fingerprint density at radius 2 is 1.68 bits per heavy atom. The second-order valence-electron chi connectivity index (χ2n) is 10.0. The number of ether oxygens (including phenoxy) is 2. The predicted molar refractivity (Wildman–Crippen MR) is 137 cm³/mol. The smallest absolute Gasteiger partial charge is 0.303 e. The Balaban J connectivity index is 1.97. The molecular weight excluding hydrogens is 481 g/mol. The molecule has 4 nitrogen and oxygen atoms in total. The maximum atomic E-state index is 15.3. The lowest BCUT2D eigenvalue weighted by atomic mass is 9.79. The van der Waals surface area contributed by atoms with E-state index >= 15 is 4.39 Å². The standard InChI is InChI=1S/C30H33F3O4/c1-5-10-30(2,3)17-20-13-21(18-37-24-12-19(6-9-29(34)35)11-22(31)14-24)28(33)16-25(20)26-15-23(36-4)7-8-27(26)32/h7-8,11-16H,5-6,9-10,17-18H2,1-4H3,(H,34,35). The van der Waals surface area contributed by atoms with E-state index in [-0.39, 0.29) is 41.7 Å². The number of carbonyl (C=O) groups is 1. The van der Waals surface area contributed by atoms with Gasteiger partial charge in [-0.2, -0.15) is 0 Å². The molecule has 0 amide bonds. The summed E-state index contributed by atoms with van der Waals surface area (Å²) in [7, 11) is 1.49. The van der Waals surface area contributed by atoms with Gasteiger partial charge in [-0.15, -0.1) is 0 Å². The summed E-state index contributed by atoms with van der Waals surface area (Å²) in [4.78, 5) is 10.9. The molecule has 0 aliphatic rings. The molecule has 0 spiro atoms. The highest BCUT2D eigenvalue weighted by molar-refractivity contribution is 5.70. The van der Waals surface area contributed by atoms with Crippen molar-refractivity contribution < 1.29 is 32.5 Å². The summed E-state index contributed by atoms with van der Waals surface area (Å²) in [5, 5.41) is 8.89. The minimum absolute atomic E-state index is 0.115. The van der Waals surface area contributed by atoms with Crippen molar-refractivity contribution in [2.75, 3.05) is 7.11 Å². The number of carboxylic acid groups (broad SMARTS) is 1. The molecular formula is C30H33F3O4. The number of rotatable bonds is 12. The summed E-state index contributed by atoms with van der Waals surface area (Å²) < 4.78 is 55.2. The number of hydrogen-bond donors (Lipinski definition) is 1. The van der Waals surface area contributed by atoms with E-state index in [0.717, 1.165) is 18.4 Å². The molecule has 0 aromatic heterocycles. The third kappa shape index (κ3) is 7.75. The van der Waals surface area contributed by atoms with Crippen LogP contribution >= 0.6 is 0 Å². The van der Waals surface area contributed by atoms with Crippen molar-refractivity contribution in [1.29, 1.82) is 0 Å². The van der Waals surface area contributed by atoms with E-state index < -0.39 is 23.4 Å². The molecule has 0 bridgehead atoms. The first-order valence-electron chi connectivity index (χ1n) is 12.3. The quantitative estimate of drug-likeness (QED) is 0.269. The van der Waals surface area contributed by atoms with E-state index in [1.54, 1.807) is 18.2 Å². The lowest BCUT2D eigenvalue weighted by Gasteiger charge is -2.26. The number of aryl methyl sites for hydroxylation is 1. The van der Waals surface area contributed by atoms with E-state index in [1.807, 2.05) is 0 Å². The molecule has 0 fully saturated rings. The van der Waals surface area contributed by atoms with E-state index in [1.165, 1.54) is 37.4 Å². The van der Waals surface area contributed by atoms with Crippen LogP contribution in [0.4, 0.5) is 13.2 Å². The van der Waals surface area contributed by atoms with Gasteiger partial charge in [0.05, 0.1) is 7.11 Å². The first-order valence-corrected chi connectivity index (χ1v) is 12.3. The molecule has 0 saturated carbocycles. The van der Waals surface area contributed by atoms with Gasteiger partial charge in [-0.25, -0.2) is 13.2 Å². The minimum Gasteiger partial charge on any atom is -0.497 e. The second-order valence-corrected chi connectivity index (χ2v) is 10.0.